The van der Waals surface area contributed by atoms with E-state index in [9.17, 15) is 9.59 Å². The molecule has 3 aromatic rings. The number of furan rings is 1. The van der Waals surface area contributed by atoms with Crippen molar-refractivity contribution in [2.24, 2.45) is 0 Å². The van der Waals surface area contributed by atoms with Gasteiger partial charge in [0.05, 0.1) is 26.0 Å². The number of anilines is 2. The molecule has 2 aromatic heterocycles. The largest absolute Gasteiger partial charge is 0.493 e. The Morgan fingerprint density at radius 3 is 2.25 bits per heavy atom. The third-order valence-corrected chi connectivity index (χ3v) is 7.43. The van der Waals surface area contributed by atoms with E-state index < -0.39 is 0 Å². The zero-order valence-electron chi connectivity index (χ0n) is 24.9. The first kappa shape index (κ1) is 36.3. The normalized spacial score (nSPS) is 17.8. The fourth-order valence-electron chi connectivity index (χ4n) is 5.13. The summed E-state index contributed by atoms with van der Waals surface area (Å²) in [4.78, 5) is 39.0. The number of aromatic nitrogens is 2. The lowest BCUT2D eigenvalue weighted by atomic mass is 10.2. The number of amides is 2. The van der Waals surface area contributed by atoms with E-state index in [1.165, 1.54) is 6.26 Å². The number of methoxy groups -OCH3 is 2. The number of fused-ring (bicyclic) bond motifs is 1. The van der Waals surface area contributed by atoms with E-state index in [4.69, 9.17) is 24.4 Å². The zero-order valence-corrected chi connectivity index (χ0v) is 25.7. The first-order chi connectivity index (χ1) is 20.0. The highest BCUT2D eigenvalue weighted by atomic mass is 35.5. The van der Waals surface area contributed by atoms with Gasteiger partial charge in [0.25, 0.3) is 11.8 Å². The van der Waals surface area contributed by atoms with Crippen molar-refractivity contribution in [3.63, 3.8) is 0 Å². The van der Waals surface area contributed by atoms with Crippen LogP contribution in [0.15, 0.2) is 34.9 Å². The number of nitrogens with zero attached hydrogens (tertiary/aromatic N) is 5. The predicted octanol–water partition coefficient (Wildman–Crippen LogP) is 0.154. The molecule has 6 rings (SSSR count). The van der Waals surface area contributed by atoms with Gasteiger partial charge in [-0.2, -0.15) is 4.98 Å². The van der Waals surface area contributed by atoms with Gasteiger partial charge in [-0.15, -0.1) is 12.4 Å². The first-order valence-corrected chi connectivity index (χ1v) is 13.9. The standard InChI is InChI=1S/C19H25N5O4.C9H12N2O2.ClH.2H2O/c1-26-15-10-12-13(11-16(15)27-2)21-19(22-17(12)20)24-7-5-23(6-8-24)18(25)14-4-3-9-28-14;12-9(8-2-1-7-13-8)11-5-3-10-4-6-11;;;/h10-11,14H,3-9H2,1-2H3,(H2,20,21,22);1-2,7,10H,3-6H2;1H;2*1H2. The van der Waals surface area contributed by atoms with Gasteiger partial charge in [-0.25, -0.2) is 4.98 Å². The van der Waals surface area contributed by atoms with E-state index in [2.05, 4.69) is 15.3 Å². The number of nitrogens with one attached hydrogen (secondary N) is 1. The molecule has 44 heavy (non-hydrogen) atoms. The number of benzene rings is 1. The fourth-order valence-corrected chi connectivity index (χ4v) is 5.13. The van der Waals surface area contributed by atoms with E-state index >= 15 is 0 Å². The summed E-state index contributed by atoms with van der Waals surface area (Å²) in [5.74, 6) is 2.63. The van der Waals surface area contributed by atoms with Crippen LogP contribution in [0, 0.1) is 0 Å². The van der Waals surface area contributed by atoms with Gasteiger partial charge in [-0.3, -0.25) is 9.59 Å². The summed E-state index contributed by atoms with van der Waals surface area (Å²) >= 11 is 0. The molecule has 1 aromatic carbocycles. The van der Waals surface area contributed by atoms with E-state index in [1.807, 2.05) is 9.80 Å². The SMILES string of the molecule is COc1cc2nc(N3CCN(C(=O)C4CCCO4)CC3)nc(N)c2cc1OC.Cl.O.O.O=C(c1ccco1)N1CCNCC1. The van der Waals surface area contributed by atoms with Crippen molar-refractivity contribution in [2.45, 2.75) is 18.9 Å². The number of ether oxygens (including phenoxy) is 3. The molecule has 7 N–H and O–H groups in total. The molecule has 3 aliphatic heterocycles. The summed E-state index contributed by atoms with van der Waals surface area (Å²) in [5.41, 5.74) is 6.87. The molecule has 5 heterocycles. The molecule has 0 aliphatic carbocycles. The predicted molar refractivity (Wildman–Crippen MR) is 167 cm³/mol. The van der Waals surface area contributed by atoms with Crippen LogP contribution in [0.5, 0.6) is 11.5 Å². The Balaban J connectivity index is 0.000000358. The molecule has 0 saturated carbocycles. The van der Waals surface area contributed by atoms with Crippen LogP contribution in [0.3, 0.4) is 0 Å². The quantitative estimate of drug-likeness (QED) is 0.383. The van der Waals surface area contributed by atoms with Gasteiger partial charge in [0.1, 0.15) is 11.9 Å². The molecular weight excluding hydrogens is 598 g/mol. The smallest absolute Gasteiger partial charge is 0.289 e. The van der Waals surface area contributed by atoms with Crippen molar-refractivity contribution >= 4 is 46.9 Å². The molecule has 0 spiro atoms. The van der Waals surface area contributed by atoms with Crippen molar-refractivity contribution < 1.29 is 39.2 Å². The van der Waals surface area contributed by atoms with Crippen LogP contribution in [-0.2, 0) is 9.53 Å². The average molecular weight is 640 g/mol. The number of rotatable bonds is 5. The Morgan fingerprint density at radius 2 is 1.66 bits per heavy atom. The minimum atomic E-state index is -0.276. The van der Waals surface area contributed by atoms with E-state index in [1.54, 1.807) is 43.4 Å². The van der Waals surface area contributed by atoms with Gasteiger partial charge < -0.3 is 55.3 Å². The molecule has 2 amide bonds. The maximum absolute atomic E-state index is 12.5. The van der Waals surface area contributed by atoms with Crippen LogP contribution < -0.4 is 25.4 Å². The molecule has 3 saturated heterocycles. The lowest BCUT2D eigenvalue weighted by Crippen LogP contribution is -2.51. The maximum Gasteiger partial charge on any atom is 0.289 e. The van der Waals surface area contributed by atoms with Gasteiger partial charge >= 0.3 is 0 Å². The highest BCUT2D eigenvalue weighted by Crippen LogP contribution is 2.34. The van der Waals surface area contributed by atoms with E-state index in [0.29, 0.717) is 72.7 Å². The topological polar surface area (TPSA) is 212 Å². The van der Waals surface area contributed by atoms with Gasteiger partial charge in [-0.1, -0.05) is 0 Å². The van der Waals surface area contributed by atoms with E-state index in [0.717, 1.165) is 39.0 Å². The molecular formula is C28H42ClN7O8. The number of carbonyl (C=O) groups is 2. The summed E-state index contributed by atoms with van der Waals surface area (Å²) in [6.45, 7) is 6.47. The second-order valence-corrected chi connectivity index (χ2v) is 9.97. The Morgan fingerprint density at radius 1 is 0.977 bits per heavy atom. The Bertz CT molecular complexity index is 1340. The van der Waals surface area contributed by atoms with Gasteiger partial charge in [0.2, 0.25) is 5.95 Å². The summed E-state index contributed by atoms with van der Waals surface area (Å²) in [7, 11) is 3.16. The number of hydrogen-bond donors (Lipinski definition) is 2. The highest BCUT2D eigenvalue weighted by molar-refractivity contribution is 5.92. The summed E-state index contributed by atoms with van der Waals surface area (Å²) in [6.07, 6.45) is 3.01. The van der Waals surface area contributed by atoms with Gasteiger partial charge in [0, 0.05) is 70.4 Å². The zero-order chi connectivity index (χ0) is 28.8. The summed E-state index contributed by atoms with van der Waals surface area (Å²) in [6, 6.07) is 7.01. The molecule has 1 unspecified atom stereocenters. The Kier molecular flexibility index (Phi) is 13.9. The summed E-state index contributed by atoms with van der Waals surface area (Å²) < 4.78 is 21.2. The van der Waals surface area contributed by atoms with Crippen LogP contribution in [0.25, 0.3) is 10.9 Å². The molecule has 15 nitrogen and oxygen atoms in total. The molecule has 3 fully saturated rings. The molecule has 0 bridgehead atoms. The fraction of sp³-hybridized carbons (Fsp3) is 0.500. The van der Waals surface area contributed by atoms with Crippen LogP contribution in [0.2, 0.25) is 0 Å². The Labute approximate surface area is 261 Å². The van der Waals surface area contributed by atoms with Crippen molar-refractivity contribution in [1.82, 2.24) is 25.1 Å². The number of halogens is 1. The first-order valence-electron chi connectivity index (χ1n) is 13.9. The van der Waals surface area contributed by atoms with Crippen molar-refractivity contribution in [3.05, 3.63) is 36.3 Å². The monoisotopic (exact) mass is 639 g/mol. The molecule has 16 heteroatoms. The van der Waals surface area contributed by atoms with Crippen molar-refractivity contribution in [2.75, 3.05) is 83.8 Å². The summed E-state index contributed by atoms with van der Waals surface area (Å²) in [5, 5.41) is 3.91. The number of nitrogens with two attached hydrogens (primary N) is 1. The lowest BCUT2D eigenvalue weighted by molar-refractivity contribution is -0.141. The van der Waals surface area contributed by atoms with Crippen LogP contribution >= 0.6 is 12.4 Å². The lowest BCUT2D eigenvalue weighted by Gasteiger charge is -2.35. The molecule has 3 aliphatic rings. The number of piperazine rings is 2. The van der Waals surface area contributed by atoms with Crippen LogP contribution in [0.1, 0.15) is 23.4 Å². The number of carbonyl (C=O) groups excluding carboxylic acids is 2. The van der Waals surface area contributed by atoms with E-state index in [-0.39, 0.29) is 41.3 Å². The van der Waals surface area contributed by atoms with Crippen LogP contribution in [-0.4, -0.2) is 122 Å². The van der Waals surface area contributed by atoms with Crippen molar-refractivity contribution in [3.8, 4) is 11.5 Å². The minimum absolute atomic E-state index is 0. The van der Waals surface area contributed by atoms with Crippen LogP contribution in [0.4, 0.5) is 11.8 Å². The third kappa shape index (κ3) is 8.18. The molecule has 244 valence electrons. The second kappa shape index (κ2) is 16.8. The number of hydrogen-bond acceptors (Lipinski definition) is 11. The Hall–Kier alpha value is -3.89. The van der Waals surface area contributed by atoms with Gasteiger partial charge in [-0.05, 0) is 31.0 Å². The highest BCUT2D eigenvalue weighted by Gasteiger charge is 2.31. The second-order valence-electron chi connectivity index (χ2n) is 9.97. The molecule has 0 radical (unpaired) electrons. The minimum Gasteiger partial charge on any atom is -0.493 e. The molecule has 1 atom stereocenters. The van der Waals surface area contributed by atoms with Gasteiger partial charge in [0.15, 0.2) is 17.3 Å². The third-order valence-electron chi connectivity index (χ3n) is 7.43. The van der Waals surface area contributed by atoms with Crippen molar-refractivity contribution in [1.29, 1.82) is 0 Å². The number of nitrogen functional groups attached to an aromatic ring is 1. The average Bonchev–Trinajstić information content (AvgIpc) is 3.76. The maximum atomic E-state index is 12.5.